The van der Waals surface area contributed by atoms with Crippen molar-refractivity contribution in [2.45, 2.75) is 30.7 Å². The number of carbonyl (C=O) groups is 1. The molecule has 0 saturated carbocycles. The second-order valence-corrected chi connectivity index (χ2v) is 6.78. The molecule has 6 heteroatoms. The predicted molar refractivity (Wildman–Crippen MR) is 70.9 cm³/mol. The Balaban J connectivity index is 2.63. The first kappa shape index (κ1) is 15.2. The van der Waals surface area contributed by atoms with E-state index in [0.717, 1.165) is 0 Å². The fraction of sp³-hybridized carbons (Fsp3) is 0.385. The van der Waals surface area contributed by atoms with Crippen LogP contribution in [0.1, 0.15) is 20.3 Å². The van der Waals surface area contributed by atoms with Gasteiger partial charge in [0.1, 0.15) is 5.54 Å². The van der Waals surface area contributed by atoms with Crippen LogP contribution < -0.4 is 5.32 Å². The Bertz CT molecular complexity index is 586. The summed E-state index contributed by atoms with van der Waals surface area (Å²) in [7, 11) is -3.46. The Morgan fingerprint density at radius 1 is 1.32 bits per heavy atom. The van der Waals surface area contributed by atoms with Crippen molar-refractivity contribution in [3.05, 3.63) is 30.3 Å². The highest BCUT2D eigenvalue weighted by molar-refractivity contribution is 7.91. The van der Waals surface area contributed by atoms with Gasteiger partial charge in [-0.05, 0) is 26.0 Å². The second-order valence-electron chi connectivity index (χ2n) is 4.67. The molecule has 5 nitrogen and oxygen atoms in total. The number of nitrogens with zero attached hydrogens (tertiary/aromatic N) is 1. The number of carbonyl (C=O) groups excluding carboxylic acids is 1. The molecule has 0 unspecified atom stereocenters. The molecule has 0 aromatic heterocycles. The molecule has 0 fully saturated rings. The van der Waals surface area contributed by atoms with Gasteiger partial charge in [0.25, 0.3) is 0 Å². The average Bonchev–Trinajstić information content (AvgIpc) is 2.37. The number of nitrogens with one attached hydrogen (secondary N) is 1. The maximum absolute atomic E-state index is 11.9. The van der Waals surface area contributed by atoms with E-state index >= 15 is 0 Å². The summed E-state index contributed by atoms with van der Waals surface area (Å²) in [5, 5.41) is 11.2. The van der Waals surface area contributed by atoms with Gasteiger partial charge in [-0.25, -0.2) is 8.42 Å². The Morgan fingerprint density at radius 3 is 2.42 bits per heavy atom. The first-order chi connectivity index (χ1) is 8.77. The van der Waals surface area contributed by atoms with E-state index in [0.29, 0.717) is 0 Å². The Kier molecular flexibility index (Phi) is 4.67. The van der Waals surface area contributed by atoms with Crippen molar-refractivity contribution in [2.75, 3.05) is 5.75 Å². The number of sulfone groups is 1. The first-order valence-electron chi connectivity index (χ1n) is 5.77. The van der Waals surface area contributed by atoms with Crippen LogP contribution in [0.2, 0.25) is 0 Å². The molecule has 0 aliphatic heterocycles. The highest BCUT2D eigenvalue weighted by Gasteiger charge is 2.21. The van der Waals surface area contributed by atoms with E-state index in [9.17, 15) is 13.2 Å². The van der Waals surface area contributed by atoms with Crippen LogP contribution in [0.15, 0.2) is 35.2 Å². The Morgan fingerprint density at radius 2 is 1.89 bits per heavy atom. The van der Waals surface area contributed by atoms with E-state index in [1.165, 1.54) is 12.1 Å². The average molecular weight is 280 g/mol. The van der Waals surface area contributed by atoms with Crippen LogP contribution in [0.4, 0.5) is 0 Å². The molecule has 19 heavy (non-hydrogen) atoms. The summed E-state index contributed by atoms with van der Waals surface area (Å²) in [4.78, 5) is 11.8. The summed E-state index contributed by atoms with van der Waals surface area (Å²) in [6.45, 7) is 3.10. The van der Waals surface area contributed by atoms with Crippen LogP contribution in [0.25, 0.3) is 0 Å². The molecule has 1 aromatic carbocycles. The van der Waals surface area contributed by atoms with Crippen LogP contribution in [-0.4, -0.2) is 25.6 Å². The maximum Gasteiger partial charge on any atom is 0.222 e. The molecule has 1 amide bonds. The predicted octanol–water partition coefficient (Wildman–Crippen LogP) is 1.27. The van der Waals surface area contributed by atoms with Crippen molar-refractivity contribution in [2.24, 2.45) is 0 Å². The molecule has 0 aliphatic carbocycles. The van der Waals surface area contributed by atoms with Crippen molar-refractivity contribution in [1.82, 2.24) is 5.32 Å². The van der Waals surface area contributed by atoms with Gasteiger partial charge in [0.2, 0.25) is 5.91 Å². The van der Waals surface area contributed by atoms with Crippen molar-refractivity contribution >= 4 is 15.7 Å². The summed E-state index contributed by atoms with van der Waals surface area (Å²) in [5.74, 6) is -0.726. The largest absolute Gasteiger partial charge is 0.338 e. The standard InChI is InChI=1S/C13H16N2O3S/c1-13(2,10-14)15-12(16)8-9-19(17,18)11-6-4-3-5-7-11/h3-7H,8-9H2,1-2H3,(H,15,16). The third-order valence-corrected chi connectivity index (χ3v) is 4.16. The van der Waals surface area contributed by atoms with Crippen LogP contribution in [0.5, 0.6) is 0 Å². The summed E-state index contributed by atoms with van der Waals surface area (Å²) >= 11 is 0. The highest BCUT2D eigenvalue weighted by atomic mass is 32.2. The molecule has 0 atom stereocenters. The zero-order chi connectivity index (χ0) is 14.5. The van der Waals surface area contributed by atoms with Gasteiger partial charge in [0, 0.05) is 6.42 Å². The van der Waals surface area contributed by atoms with Gasteiger partial charge in [-0.2, -0.15) is 5.26 Å². The molecule has 0 bridgehead atoms. The molecule has 1 rings (SSSR count). The minimum atomic E-state index is -3.46. The summed E-state index contributed by atoms with van der Waals surface area (Å²) in [6.07, 6.45) is -0.164. The van der Waals surface area contributed by atoms with E-state index in [4.69, 9.17) is 5.26 Å². The number of benzene rings is 1. The Labute approximate surface area is 113 Å². The molecule has 0 saturated heterocycles. The van der Waals surface area contributed by atoms with Crippen molar-refractivity contribution in [3.8, 4) is 6.07 Å². The third-order valence-electron chi connectivity index (χ3n) is 2.43. The molecule has 1 aromatic rings. The maximum atomic E-state index is 11.9. The lowest BCUT2D eigenvalue weighted by Gasteiger charge is -2.17. The molecule has 0 heterocycles. The first-order valence-corrected chi connectivity index (χ1v) is 7.42. The van der Waals surface area contributed by atoms with Gasteiger partial charge in [-0.1, -0.05) is 18.2 Å². The van der Waals surface area contributed by atoms with Gasteiger partial charge in [0.05, 0.1) is 16.7 Å². The highest BCUT2D eigenvalue weighted by Crippen LogP contribution is 2.11. The van der Waals surface area contributed by atoms with E-state index in [-0.39, 0.29) is 17.1 Å². The van der Waals surface area contributed by atoms with Gasteiger partial charge in [0.15, 0.2) is 9.84 Å². The van der Waals surface area contributed by atoms with E-state index < -0.39 is 21.3 Å². The van der Waals surface area contributed by atoms with Crippen molar-refractivity contribution < 1.29 is 13.2 Å². The van der Waals surface area contributed by atoms with Crippen molar-refractivity contribution in [1.29, 1.82) is 5.26 Å². The molecular weight excluding hydrogens is 264 g/mol. The summed E-state index contributed by atoms with van der Waals surface area (Å²) < 4.78 is 23.9. The van der Waals surface area contributed by atoms with Gasteiger partial charge in [-0.3, -0.25) is 4.79 Å². The van der Waals surface area contributed by atoms with E-state index in [1.54, 1.807) is 32.0 Å². The normalized spacial score (nSPS) is 11.6. The molecule has 0 radical (unpaired) electrons. The fourth-order valence-electron chi connectivity index (χ4n) is 1.41. The quantitative estimate of drug-likeness (QED) is 0.879. The minimum absolute atomic E-state index is 0.164. The molecule has 1 N–H and O–H groups in total. The molecule has 0 aliphatic rings. The van der Waals surface area contributed by atoms with E-state index in [2.05, 4.69) is 5.32 Å². The number of hydrogen-bond acceptors (Lipinski definition) is 4. The van der Waals surface area contributed by atoms with Gasteiger partial charge < -0.3 is 5.32 Å². The van der Waals surface area contributed by atoms with Crippen LogP contribution in [0, 0.1) is 11.3 Å². The zero-order valence-corrected chi connectivity index (χ0v) is 11.7. The SMILES string of the molecule is CC(C)(C#N)NC(=O)CCS(=O)(=O)c1ccccc1. The number of nitriles is 1. The van der Waals surface area contributed by atoms with Crippen LogP contribution in [0.3, 0.4) is 0 Å². The third kappa shape index (κ3) is 4.72. The summed E-state index contributed by atoms with van der Waals surface area (Å²) in [6, 6.07) is 9.89. The Hall–Kier alpha value is -1.87. The van der Waals surface area contributed by atoms with Crippen LogP contribution >= 0.6 is 0 Å². The second kappa shape index (κ2) is 5.85. The fourth-order valence-corrected chi connectivity index (χ4v) is 2.67. The van der Waals surface area contributed by atoms with Crippen molar-refractivity contribution in [3.63, 3.8) is 0 Å². The molecular formula is C13H16N2O3S. The van der Waals surface area contributed by atoms with E-state index in [1.807, 2.05) is 6.07 Å². The number of amides is 1. The van der Waals surface area contributed by atoms with Crippen LogP contribution in [-0.2, 0) is 14.6 Å². The molecule has 0 spiro atoms. The van der Waals surface area contributed by atoms with Gasteiger partial charge in [-0.15, -0.1) is 0 Å². The molecule has 102 valence electrons. The summed E-state index contributed by atoms with van der Waals surface area (Å²) in [5.41, 5.74) is -0.992. The van der Waals surface area contributed by atoms with Gasteiger partial charge >= 0.3 is 0 Å². The number of hydrogen-bond donors (Lipinski definition) is 1. The monoisotopic (exact) mass is 280 g/mol. The topological polar surface area (TPSA) is 87.0 Å². The lowest BCUT2D eigenvalue weighted by molar-refractivity contribution is -0.121. The minimum Gasteiger partial charge on any atom is -0.338 e. The smallest absolute Gasteiger partial charge is 0.222 e. The lowest BCUT2D eigenvalue weighted by Crippen LogP contribution is -2.42. The number of rotatable bonds is 5. The zero-order valence-electron chi connectivity index (χ0n) is 10.9. The lowest BCUT2D eigenvalue weighted by atomic mass is 10.1.